The lowest BCUT2D eigenvalue weighted by Crippen LogP contribution is -2.61. The van der Waals surface area contributed by atoms with Crippen LogP contribution < -0.4 is 15.2 Å². The van der Waals surface area contributed by atoms with E-state index in [0.29, 0.717) is 23.1 Å². The third-order valence-electron chi connectivity index (χ3n) is 6.71. The largest absolute Gasteiger partial charge is 0.382 e. The van der Waals surface area contributed by atoms with E-state index in [-0.39, 0.29) is 29.6 Å². The molecule has 0 bridgehead atoms. The van der Waals surface area contributed by atoms with Gasteiger partial charge in [-0.1, -0.05) is 47.5 Å². The summed E-state index contributed by atoms with van der Waals surface area (Å²) in [5, 5.41) is 5.83. The third-order valence-corrected chi connectivity index (χ3v) is 8.44. The Hall–Kier alpha value is -3.64. The molecule has 1 saturated heterocycles. The molecule has 2 N–H and O–H groups in total. The lowest BCUT2D eigenvalue weighted by Gasteiger charge is -2.48. The molecular weight excluding hydrogens is 594 g/mol. The van der Waals surface area contributed by atoms with Crippen molar-refractivity contribution in [2.75, 3.05) is 23.7 Å². The summed E-state index contributed by atoms with van der Waals surface area (Å²) in [7, 11) is -3.86. The summed E-state index contributed by atoms with van der Waals surface area (Å²) in [5.74, 6) is -1.25. The molecule has 5 rings (SSSR count). The Morgan fingerprint density at radius 1 is 1.05 bits per heavy atom. The van der Waals surface area contributed by atoms with E-state index in [1.54, 1.807) is 24.3 Å². The van der Waals surface area contributed by atoms with Gasteiger partial charge in [0, 0.05) is 34.8 Å². The number of nitrogens with one attached hydrogen (secondary N) is 2. The molecule has 214 valence electrons. The van der Waals surface area contributed by atoms with Gasteiger partial charge in [-0.05, 0) is 53.6 Å². The number of H-pyrrole nitrogens is 1. The number of aromatic nitrogens is 1. The monoisotopic (exact) mass is 618 g/mol. The number of anilines is 1. The highest BCUT2D eigenvalue weighted by Gasteiger charge is 2.41. The highest BCUT2D eigenvalue weighted by molar-refractivity contribution is 7.92. The fraction of sp³-hybridized carbons (Fsp3) is 0.214. The zero-order valence-electron chi connectivity index (χ0n) is 21.7. The summed E-state index contributed by atoms with van der Waals surface area (Å²) in [6.07, 6.45) is 1.05. The van der Waals surface area contributed by atoms with Crippen molar-refractivity contribution in [2.24, 2.45) is 0 Å². The van der Waals surface area contributed by atoms with Crippen molar-refractivity contribution in [1.82, 2.24) is 15.4 Å². The smallest absolute Gasteiger partial charge is 0.280 e. The first kappa shape index (κ1) is 28.9. The van der Waals surface area contributed by atoms with Crippen LogP contribution in [0.15, 0.2) is 82.1 Å². The fourth-order valence-corrected chi connectivity index (χ4v) is 6.35. The first-order valence-corrected chi connectivity index (χ1v) is 15.1. The van der Waals surface area contributed by atoms with Gasteiger partial charge >= 0.3 is 0 Å². The van der Waals surface area contributed by atoms with Crippen LogP contribution in [0.2, 0.25) is 10.0 Å². The van der Waals surface area contributed by atoms with Crippen molar-refractivity contribution in [3.8, 4) is 0 Å². The summed E-state index contributed by atoms with van der Waals surface area (Å²) in [6.45, 7) is 0.564. The molecule has 1 aromatic heterocycles. The van der Waals surface area contributed by atoms with E-state index in [9.17, 15) is 22.4 Å². The minimum atomic E-state index is -3.86. The normalized spacial score (nSPS) is 14.2. The number of rotatable bonds is 9. The van der Waals surface area contributed by atoms with Crippen molar-refractivity contribution in [2.45, 2.75) is 18.6 Å². The molecule has 1 aliphatic rings. The van der Waals surface area contributed by atoms with Gasteiger partial charge in [-0.3, -0.25) is 18.8 Å². The standard InChI is InChI=1S/C28H25Cl2FN4O5S/c1-41(38,39)35(23-11-19(10-22(31)12-23)28(37)32-14-25-13-26(36)33-40-25)24-15-34(16-24)27(17-2-6-20(29)7-3-17)18-4-8-21(30)9-5-18/h2-13,24,27H,14-16H2,1H3,(H,32,37)(H,33,36). The number of carbonyl (C=O) groups excluding carboxylic acids is 1. The number of sulfonamides is 1. The van der Waals surface area contributed by atoms with Gasteiger partial charge in [-0.25, -0.2) is 12.8 Å². The molecule has 0 radical (unpaired) electrons. The van der Waals surface area contributed by atoms with Crippen LogP contribution in [0.25, 0.3) is 0 Å². The Bertz CT molecular complexity index is 1670. The molecule has 1 amide bonds. The molecule has 1 aliphatic heterocycles. The fourth-order valence-electron chi connectivity index (χ4n) is 4.93. The van der Waals surface area contributed by atoms with Crippen LogP contribution in [0.4, 0.5) is 10.1 Å². The molecule has 0 aliphatic carbocycles. The molecule has 13 heteroatoms. The number of nitrogens with zero attached hydrogens (tertiary/aromatic N) is 2. The van der Waals surface area contributed by atoms with Crippen molar-refractivity contribution in [3.63, 3.8) is 0 Å². The molecule has 0 atom stereocenters. The zero-order chi connectivity index (χ0) is 29.3. The van der Waals surface area contributed by atoms with Crippen LogP contribution in [0.5, 0.6) is 0 Å². The van der Waals surface area contributed by atoms with Crippen molar-refractivity contribution in [1.29, 1.82) is 0 Å². The second-order valence-electron chi connectivity index (χ2n) is 9.73. The van der Waals surface area contributed by atoms with Gasteiger partial charge in [-0.2, -0.15) is 5.16 Å². The number of likely N-dealkylation sites (tertiary alicyclic amines) is 1. The van der Waals surface area contributed by atoms with Gasteiger partial charge in [-0.15, -0.1) is 0 Å². The van der Waals surface area contributed by atoms with Crippen LogP contribution in [0, 0.1) is 5.82 Å². The molecule has 9 nitrogen and oxygen atoms in total. The maximum atomic E-state index is 14.7. The van der Waals surface area contributed by atoms with Crippen LogP contribution in [0.3, 0.4) is 0 Å². The molecule has 1 fully saturated rings. The number of hydrogen-bond acceptors (Lipinski definition) is 6. The summed E-state index contributed by atoms with van der Waals surface area (Å²) >= 11 is 12.2. The van der Waals surface area contributed by atoms with Crippen LogP contribution in [-0.2, 0) is 16.6 Å². The lowest BCUT2D eigenvalue weighted by atomic mass is 9.93. The first-order valence-electron chi connectivity index (χ1n) is 12.5. The average Bonchev–Trinajstić information content (AvgIpc) is 3.31. The van der Waals surface area contributed by atoms with E-state index < -0.39 is 33.3 Å². The second kappa shape index (κ2) is 11.7. The number of aromatic amines is 1. The van der Waals surface area contributed by atoms with Crippen LogP contribution >= 0.6 is 23.2 Å². The number of amides is 1. The predicted octanol–water partition coefficient (Wildman–Crippen LogP) is 4.58. The molecule has 41 heavy (non-hydrogen) atoms. The number of hydrogen-bond donors (Lipinski definition) is 2. The Labute approximate surface area is 245 Å². The summed E-state index contributed by atoms with van der Waals surface area (Å²) in [5.41, 5.74) is 1.41. The molecule has 4 aromatic rings. The molecule has 2 heterocycles. The minimum Gasteiger partial charge on any atom is -0.382 e. The number of benzene rings is 3. The topological polar surface area (TPSA) is 116 Å². The summed E-state index contributed by atoms with van der Waals surface area (Å²) in [4.78, 5) is 26.1. The van der Waals surface area contributed by atoms with E-state index in [0.717, 1.165) is 33.8 Å². The van der Waals surface area contributed by atoms with Gasteiger partial charge < -0.3 is 9.84 Å². The SMILES string of the molecule is CS(=O)(=O)N(c1cc(F)cc(C(=O)NCc2cc(=O)[nH]o2)c1)C1CN(C(c2ccc(Cl)cc2)c2ccc(Cl)cc2)C1. The molecule has 0 spiro atoms. The Morgan fingerprint density at radius 2 is 1.63 bits per heavy atom. The van der Waals surface area contributed by atoms with E-state index in [1.165, 1.54) is 12.1 Å². The maximum Gasteiger partial charge on any atom is 0.280 e. The van der Waals surface area contributed by atoms with Crippen LogP contribution in [-0.4, -0.2) is 49.8 Å². The minimum absolute atomic E-state index is 0.0324. The van der Waals surface area contributed by atoms with Crippen molar-refractivity contribution < 1.29 is 22.1 Å². The van der Waals surface area contributed by atoms with Gasteiger partial charge in [0.05, 0.1) is 30.6 Å². The van der Waals surface area contributed by atoms with Crippen molar-refractivity contribution in [3.05, 3.63) is 121 Å². The highest BCUT2D eigenvalue weighted by Crippen LogP contribution is 2.37. The van der Waals surface area contributed by atoms with E-state index in [1.807, 2.05) is 24.3 Å². The Morgan fingerprint density at radius 3 is 2.15 bits per heavy atom. The molecule has 3 aromatic carbocycles. The molecule has 0 unspecified atom stereocenters. The van der Waals surface area contributed by atoms with E-state index >= 15 is 0 Å². The lowest BCUT2D eigenvalue weighted by molar-refractivity contribution is 0.0946. The third kappa shape index (κ3) is 6.65. The molecule has 0 saturated carbocycles. The number of carbonyl (C=O) groups is 1. The predicted molar refractivity (Wildman–Crippen MR) is 154 cm³/mol. The van der Waals surface area contributed by atoms with Crippen LogP contribution in [0.1, 0.15) is 33.3 Å². The summed E-state index contributed by atoms with van der Waals surface area (Å²) < 4.78 is 46.7. The first-order chi connectivity index (χ1) is 19.5. The quantitative estimate of drug-likeness (QED) is 0.284. The average molecular weight is 620 g/mol. The summed E-state index contributed by atoms with van der Waals surface area (Å²) in [6, 6.07) is 18.7. The van der Waals surface area contributed by atoms with E-state index in [4.69, 9.17) is 27.7 Å². The Kier molecular flexibility index (Phi) is 8.23. The maximum absolute atomic E-state index is 14.7. The van der Waals surface area contributed by atoms with Crippen molar-refractivity contribution >= 4 is 44.8 Å². The van der Waals surface area contributed by atoms with Gasteiger partial charge in [0.2, 0.25) is 10.0 Å². The molecular formula is C28H25Cl2FN4O5S. The zero-order valence-corrected chi connectivity index (χ0v) is 24.0. The van der Waals surface area contributed by atoms with Gasteiger partial charge in [0.15, 0.2) is 5.76 Å². The van der Waals surface area contributed by atoms with Gasteiger partial charge in [0.25, 0.3) is 11.5 Å². The van der Waals surface area contributed by atoms with E-state index in [2.05, 4.69) is 15.4 Å². The highest BCUT2D eigenvalue weighted by atomic mass is 35.5. The van der Waals surface area contributed by atoms with Gasteiger partial charge in [0.1, 0.15) is 5.82 Å². The second-order valence-corrected chi connectivity index (χ2v) is 12.5. The number of halogens is 3. The Balaban J connectivity index is 1.39.